The number of ether oxygens (including phenoxy) is 1. The van der Waals surface area contributed by atoms with Crippen LogP contribution in [-0.4, -0.2) is 11.7 Å². The molecule has 0 bridgehead atoms. The summed E-state index contributed by atoms with van der Waals surface area (Å²) in [6.45, 7) is 0.587. The van der Waals surface area contributed by atoms with Gasteiger partial charge in [0.05, 0.1) is 12.9 Å². The molecule has 1 aromatic heterocycles. The fourth-order valence-corrected chi connectivity index (χ4v) is 1.48. The van der Waals surface area contributed by atoms with Gasteiger partial charge >= 0.3 is 0 Å². The van der Waals surface area contributed by atoms with Crippen LogP contribution in [0, 0.1) is 0 Å². The predicted molar refractivity (Wildman–Crippen MR) is 64.2 cm³/mol. The van der Waals surface area contributed by atoms with Gasteiger partial charge in [-0.25, -0.2) is 0 Å². The van der Waals surface area contributed by atoms with Crippen molar-refractivity contribution in [1.29, 1.82) is 0 Å². The molecule has 1 atom stereocenters. The minimum absolute atomic E-state index is 0.227. The number of nitrogens with two attached hydrogens (primary N) is 1. The summed E-state index contributed by atoms with van der Waals surface area (Å²) in [7, 11) is 0. The molecule has 0 fully saturated rings. The molecule has 1 unspecified atom stereocenters. The molecule has 4 nitrogen and oxygen atoms in total. The number of benzene rings is 1. The molecule has 0 saturated carbocycles. The van der Waals surface area contributed by atoms with Crippen molar-refractivity contribution in [3.63, 3.8) is 0 Å². The summed E-state index contributed by atoms with van der Waals surface area (Å²) in [5.74, 6) is 0.745. The van der Waals surface area contributed by atoms with Crippen molar-refractivity contribution in [3.05, 3.63) is 54.0 Å². The summed E-state index contributed by atoms with van der Waals surface area (Å²) in [6, 6.07) is 10.7. The van der Waals surface area contributed by atoms with E-state index in [1.807, 2.05) is 6.07 Å². The van der Waals surface area contributed by atoms with E-state index in [-0.39, 0.29) is 6.61 Å². The summed E-state index contributed by atoms with van der Waals surface area (Å²) in [5.41, 5.74) is 7.03. The quantitative estimate of drug-likeness (QED) is 0.776. The molecule has 0 amide bonds. The lowest BCUT2D eigenvalue weighted by molar-refractivity contribution is 0.0214. The van der Waals surface area contributed by atoms with Gasteiger partial charge in [0, 0.05) is 5.69 Å². The molecule has 0 aliphatic carbocycles. The fourth-order valence-electron chi connectivity index (χ4n) is 1.48. The minimum atomic E-state index is -0.648. The van der Waals surface area contributed by atoms with E-state index < -0.39 is 6.10 Å². The molecule has 2 aromatic rings. The van der Waals surface area contributed by atoms with Crippen LogP contribution >= 0.6 is 0 Å². The monoisotopic (exact) mass is 233 g/mol. The first-order chi connectivity index (χ1) is 8.25. The molecule has 4 heteroatoms. The molecule has 0 aliphatic rings. The summed E-state index contributed by atoms with van der Waals surface area (Å²) in [6.07, 6.45) is 0.945. The van der Waals surface area contributed by atoms with Gasteiger partial charge in [0.25, 0.3) is 0 Å². The maximum Gasteiger partial charge on any atom is 0.129 e. The van der Waals surface area contributed by atoms with Crippen molar-refractivity contribution in [2.45, 2.75) is 12.7 Å². The molecule has 2 rings (SSSR count). The molecule has 0 radical (unpaired) electrons. The molecule has 3 N–H and O–H groups in total. The van der Waals surface area contributed by atoms with Gasteiger partial charge in [-0.3, -0.25) is 0 Å². The van der Waals surface area contributed by atoms with Crippen LogP contribution < -0.4 is 5.73 Å². The topological polar surface area (TPSA) is 68.6 Å². The first-order valence-corrected chi connectivity index (χ1v) is 5.39. The Balaban J connectivity index is 1.81. The van der Waals surface area contributed by atoms with Crippen molar-refractivity contribution in [3.8, 4) is 0 Å². The van der Waals surface area contributed by atoms with Crippen LogP contribution in [0.1, 0.15) is 17.4 Å². The highest BCUT2D eigenvalue weighted by atomic mass is 16.5. The van der Waals surface area contributed by atoms with Crippen LogP contribution in [-0.2, 0) is 11.3 Å². The van der Waals surface area contributed by atoms with Gasteiger partial charge in [0.15, 0.2) is 0 Å². The first kappa shape index (κ1) is 11.7. The van der Waals surface area contributed by atoms with Crippen molar-refractivity contribution in [1.82, 2.24) is 0 Å². The number of furan rings is 1. The van der Waals surface area contributed by atoms with E-state index in [9.17, 15) is 5.11 Å². The SMILES string of the molecule is Nc1ccc(C(O)COCc2ccco2)cc1. The number of hydrogen-bond donors (Lipinski definition) is 2. The molecule has 1 heterocycles. The predicted octanol–water partition coefficient (Wildman–Crippen LogP) is 2.11. The first-order valence-electron chi connectivity index (χ1n) is 5.39. The highest BCUT2D eigenvalue weighted by Gasteiger charge is 2.07. The second kappa shape index (κ2) is 5.52. The number of hydrogen-bond acceptors (Lipinski definition) is 4. The van der Waals surface area contributed by atoms with Crippen LogP contribution in [0.5, 0.6) is 0 Å². The minimum Gasteiger partial charge on any atom is -0.467 e. The molecular formula is C13H15NO3. The summed E-state index contributed by atoms with van der Waals surface area (Å²) in [5, 5.41) is 9.84. The van der Waals surface area contributed by atoms with Gasteiger partial charge in [-0.2, -0.15) is 0 Å². The number of anilines is 1. The Morgan fingerprint density at radius 1 is 1.24 bits per heavy atom. The van der Waals surface area contributed by atoms with Crippen molar-refractivity contribution < 1.29 is 14.3 Å². The Morgan fingerprint density at radius 2 is 2.00 bits per heavy atom. The van der Waals surface area contributed by atoms with E-state index in [0.717, 1.165) is 11.3 Å². The van der Waals surface area contributed by atoms with Gasteiger partial charge in [-0.1, -0.05) is 12.1 Å². The molecule has 0 saturated heterocycles. The zero-order valence-electron chi connectivity index (χ0n) is 9.37. The Bertz CT molecular complexity index is 436. The molecule has 90 valence electrons. The Morgan fingerprint density at radius 3 is 2.65 bits per heavy atom. The van der Waals surface area contributed by atoms with Gasteiger partial charge in [-0.15, -0.1) is 0 Å². The average molecular weight is 233 g/mol. The number of rotatable bonds is 5. The Labute approximate surface area is 99.6 Å². The maximum absolute atomic E-state index is 9.84. The van der Waals surface area contributed by atoms with E-state index in [1.165, 1.54) is 0 Å². The zero-order valence-corrected chi connectivity index (χ0v) is 9.37. The third-order valence-corrected chi connectivity index (χ3v) is 2.42. The molecular weight excluding hydrogens is 218 g/mol. The Kier molecular flexibility index (Phi) is 3.80. The highest BCUT2D eigenvalue weighted by Crippen LogP contribution is 2.15. The van der Waals surface area contributed by atoms with Crippen molar-refractivity contribution in [2.24, 2.45) is 0 Å². The summed E-state index contributed by atoms with van der Waals surface area (Å²) >= 11 is 0. The van der Waals surface area contributed by atoms with Crippen LogP contribution in [0.4, 0.5) is 5.69 Å². The lowest BCUT2D eigenvalue weighted by atomic mass is 10.1. The summed E-state index contributed by atoms with van der Waals surface area (Å²) in [4.78, 5) is 0. The lowest BCUT2D eigenvalue weighted by Crippen LogP contribution is -2.07. The van der Waals surface area contributed by atoms with E-state index >= 15 is 0 Å². The number of nitrogen functional groups attached to an aromatic ring is 1. The molecule has 0 spiro atoms. The van der Waals surface area contributed by atoms with Crippen LogP contribution in [0.3, 0.4) is 0 Å². The third-order valence-electron chi connectivity index (χ3n) is 2.42. The van der Waals surface area contributed by atoms with E-state index in [4.69, 9.17) is 14.9 Å². The van der Waals surface area contributed by atoms with Crippen LogP contribution in [0.15, 0.2) is 47.1 Å². The average Bonchev–Trinajstić information content (AvgIpc) is 2.83. The maximum atomic E-state index is 9.84. The van der Waals surface area contributed by atoms with Crippen LogP contribution in [0.2, 0.25) is 0 Å². The van der Waals surface area contributed by atoms with Gasteiger partial charge in [0.1, 0.15) is 18.5 Å². The van der Waals surface area contributed by atoms with Gasteiger partial charge < -0.3 is 20.0 Å². The lowest BCUT2D eigenvalue weighted by Gasteiger charge is -2.11. The van der Waals surface area contributed by atoms with Crippen molar-refractivity contribution in [2.75, 3.05) is 12.3 Å². The fraction of sp³-hybridized carbons (Fsp3) is 0.231. The van der Waals surface area contributed by atoms with Gasteiger partial charge in [-0.05, 0) is 29.8 Å². The highest BCUT2D eigenvalue weighted by molar-refractivity contribution is 5.39. The van der Waals surface area contributed by atoms with Gasteiger partial charge in [0.2, 0.25) is 0 Å². The van der Waals surface area contributed by atoms with E-state index in [2.05, 4.69) is 0 Å². The zero-order chi connectivity index (χ0) is 12.1. The molecule has 1 aromatic carbocycles. The van der Waals surface area contributed by atoms with Crippen molar-refractivity contribution >= 4 is 5.69 Å². The Hall–Kier alpha value is -1.78. The second-order valence-electron chi connectivity index (χ2n) is 3.78. The standard InChI is InChI=1S/C13H15NO3/c14-11-5-3-10(4-6-11)13(15)9-16-8-12-2-1-7-17-12/h1-7,13,15H,8-9,14H2. The normalized spacial score (nSPS) is 12.5. The second-order valence-corrected chi connectivity index (χ2v) is 3.78. The number of aliphatic hydroxyl groups excluding tert-OH is 1. The molecule has 0 aliphatic heterocycles. The smallest absolute Gasteiger partial charge is 0.129 e. The summed E-state index contributed by atoms with van der Waals surface area (Å²) < 4.78 is 10.5. The van der Waals surface area contributed by atoms with E-state index in [1.54, 1.807) is 36.6 Å². The largest absolute Gasteiger partial charge is 0.467 e. The molecule has 17 heavy (non-hydrogen) atoms. The van der Waals surface area contributed by atoms with E-state index in [0.29, 0.717) is 12.3 Å². The number of aliphatic hydroxyl groups is 1. The van der Waals surface area contributed by atoms with Crippen LogP contribution in [0.25, 0.3) is 0 Å². The third kappa shape index (κ3) is 3.34.